The van der Waals surface area contributed by atoms with Crippen molar-refractivity contribution >= 4 is 0 Å². The van der Waals surface area contributed by atoms with E-state index < -0.39 is 12.4 Å². The van der Waals surface area contributed by atoms with E-state index in [0.29, 0.717) is 0 Å². The average molecular weight is 162 g/mol. The summed E-state index contributed by atoms with van der Waals surface area (Å²) >= 11 is 0. The van der Waals surface area contributed by atoms with Crippen LogP contribution < -0.4 is 4.74 Å². The van der Waals surface area contributed by atoms with Crippen molar-refractivity contribution in [3.05, 3.63) is 30.1 Å². The molecule has 0 aliphatic heterocycles. The second kappa shape index (κ2) is 3.27. The summed E-state index contributed by atoms with van der Waals surface area (Å²) in [6, 6.07) is 4.60. The summed E-state index contributed by atoms with van der Waals surface area (Å²) in [6.07, 6.45) is 0. The number of hydrogen-bond acceptors (Lipinski definition) is 1. The van der Waals surface area contributed by atoms with E-state index in [-0.39, 0.29) is 5.75 Å². The fraction of sp³-hybridized carbons (Fsp3) is 0.143. The van der Waals surface area contributed by atoms with Crippen LogP contribution in [0.15, 0.2) is 24.3 Å². The molecule has 11 heavy (non-hydrogen) atoms. The Labute approximate surface area is 61.4 Å². The first-order valence-corrected chi connectivity index (χ1v) is 2.89. The van der Waals surface area contributed by atoms with Crippen LogP contribution in [0, 0.1) is 5.82 Å². The number of rotatable bonds is 2. The topological polar surface area (TPSA) is 9.23 Å². The fourth-order valence-corrected chi connectivity index (χ4v) is 0.643. The van der Waals surface area contributed by atoms with Gasteiger partial charge in [-0.05, 0) is 12.1 Å². The number of ether oxygens (including phenoxy) is 1. The molecule has 0 amide bonds. The van der Waals surface area contributed by atoms with Crippen LogP contribution in [0.25, 0.3) is 0 Å². The third-order valence-corrected chi connectivity index (χ3v) is 1.02. The van der Waals surface area contributed by atoms with Gasteiger partial charge in [-0.1, -0.05) is 6.07 Å². The van der Waals surface area contributed by atoms with Gasteiger partial charge in [-0.25, -0.2) is 4.39 Å². The molecular weight excluding hydrogens is 157 g/mol. The highest BCUT2D eigenvalue weighted by atomic mass is 19.3. The molecule has 0 heterocycles. The molecule has 0 saturated carbocycles. The van der Waals surface area contributed by atoms with Gasteiger partial charge in [0.1, 0.15) is 11.6 Å². The summed E-state index contributed by atoms with van der Waals surface area (Å²) in [5, 5.41) is 0. The summed E-state index contributed by atoms with van der Waals surface area (Å²) in [7, 11) is 0. The zero-order valence-electron chi connectivity index (χ0n) is 5.43. The van der Waals surface area contributed by atoms with E-state index in [4.69, 9.17) is 0 Å². The average Bonchev–Trinajstić information content (AvgIpc) is 1.85. The smallest absolute Gasteiger partial charge is 0.387 e. The Bertz CT molecular complexity index is 237. The van der Waals surface area contributed by atoms with Crippen LogP contribution in [0.2, 0.25) is 0 Å². The van der Waals surface area contributed by atoms with Gasteiger partial charge in [0.25, 0.3) is 0 Å². The predicted octanol–water partition coefficient (Wildman–Crippen LogP) is 2.43. The molecule has 1 aromatic rings. The molecule has 4 heteroatoms. The number of halogens is 3. The molecule has 0 atom stereocenters. The van der Waals surface area contributed by atoms with Gasteiger partial charge < -0.3 is 4.74 Å². The molecule has 1 rings (SSSR count). The molecule has 0 aliphatic rings. The first-order valence-electron chi connectivity index (χ1n) is 2.89. The van der Waals surface area contributed by atoms with Crippen LogP contribution in [-0.4, -0.2) is 6.61 Å². The van der Waals surface area contributed by atoms with Gasteiger partial charge in [0.05, 0.1) is 0 Å². The van der Waals surface area contributed by atoms with Gasteiger partial charge in [-0.2, -0.15) is 8.78 Å². The zero-order chi connectivity index (χ0) is 8.27. The van der Waals surface area contributed by atoms with Crippen LogP contribution in [0.3, 0.4) is 0 Å². The van der Waals surface area contributed by atoms with Crippen LogP contribution >= 0.6 is 0 Å². The molecule has 0 spiro atoms. The van der Waals surface area contributed by atoms with Crippen molar-refractivity contribution in [3.63, 3.8) is 0 Å². The molecule has 1 aromatic carbocycles. The van der Waals surface area contributed by atoms with Crippen molar-refractivity contribution < 1.29 is 17.9 Å². The van der Waals surface area contributed by atoms with E-state index in [1.807, 2.05) is 0 Å². The van der Waals surface area contributed by atoms with Crippen molar-refractivity contribution in [2.24, 2.45) is 0 Å². The number of alkyl halides is 2. The Morgan fingerprint density at radius 2 is 2.00 bits per heavy atom. The Morgan fingerprint density at radius 1 is 1.27 bits per heavy atom. The Hall–Kier alpha value is -1.19. The van der Waals surface area contributed by atoms with Gasteiger partial charge in [0, 0.05) is 6.07 Å². The van der Waals surface area contributed by atoms with E-state index in [1.54, 1.807) is 0 Å². The lowest BCUT2D eigenvalue weighted by Crippen LogP contribution is -2.01. The Kier molecular flexibility index (Phi) is 2.36. The first-order chi connectivity index (χ1) is 5.18. The molecule has 0 N–H and O–H groups in total. The predicted molar refractivity (Wildman–Crippen MR) is 33.0 cm³/mol. The fourth-order valence-electron chi connectivity index (χ4n) is 0.643. The lowest BCUT2D eigenvalue weighted by atomic mass is 10.3. The lowest BCUT2D eigenvalue weighted by molar-refractivity contribution is -0.0499. The van der Waals surface area contributed by atoms with E-state index in [2.05, 4.69) is 4.74 Å². The molecular formula is C7H5F3O. The Morgan fingerprint density at radius 3 is 2.55 bits per heavy atom. The highest BCUT2D eigenvalue weighted by Crippen LogP contribution is 2.14. The zero-order valence-corrected chi connectivity index (χ0v) is 5.43. The Balaban J connectivity index is 2.71. The summed E-state index contributed by atoms with van der Waals surface area (Å²) in [4.78, 5) is 0. The minimum Gasteiger partial charge on any atom is -0.435 e. The quantitative estimate of drug-likeness (QED) is 0.648. The van der Waals surface area contributed by atoms with E-state index >= 15 is 0 Å². The van der Waals surface area contributed by atoms with E-state index in [9.17, 15) is 13.2 Å². The summed E-state index contributed by atoms with van der Waals surface area (Å²) in [5.41, 5.74) is 0. The minimum atomic E-state index is -2.91. The minimum absolute atomic E-state index is 0.167. The van der Waals surface area contributed by atoms with Crippen molar-refractivity contribution in [1.82, 2.24) is 0 Å². The highest BCUT2D eigenvalue weighted by molar-refractivity contribution is 5.22. The van der Waals surface area contributed by atoms with Crippen LogP contribution in [0.1, 0.15) is 0 Å². The maximum Gasteiger partial charge on any atom is 0.387 e. The molecule has 0 fully saturated rings. The number of benzene rings is 1. The molecule has 0 unspecified atom stereocenters. The maximum absolute atomic E-state index is 12.3. The van der Waals surface area contributed by atoms with Gasteiger partial charge in [0.15, 0.2) is 0 Å². The van der Waals surface area contributed by atoms with Gasteiger partial charge in [0.2, 0.25) is 0 Å². The van der Waals surface area contributed by atoms with E-state index in [1.165, 1.54) is 12.1 Å². The van der Waals surface area contributed by atoms with Crippen molar-refractivity contribution in [2.45, 2.75) is 6.61 Å². The third-order valence-electron chi connectivity index (χ3n) is 1.02. The summed E-state index contributed by atoms with van der Waals surface area (Å²) < 4.78 is 39.2. The largest absolute Gasteiger partial charge is 0.435 e. The van der Waals surface area contributed by atoms with Gasteiger partial charge >= 0.3 is 6.61 Å². The highest BCUT2D eigenvalue weighted by Gasteiger charge is 2.03. The third kappa shape index (κ3) is 2.49. The molecule has 0 aromatic heterocycles. The van der Waals surface area contributed by atoms with Crippen LogP contribution in [-0.2, 0) is 0 Å². The summed E-state index contributed by atoms with van der Waals surface area (Å²) in [6.45, 7) is -2.91. The monoisotopic (exact) mass is 162 g/mol. The molecule has 0 aliphatic carbocycles. The molecule has 0 bridgehead atoms. The molecule has 1 nitrogen and oxygen atoms in total. The van der Waals surface area contributed by atoms with Crippen molar-refractivity contribution in [3.8, 4) is 5.75 Å². The van der Waals surface area contributed by atoms with Crippen LogP contribution in [0.5, 0.6) is 5.75 Å². The normalized spacial score (nSPS) is 10.2. The molecule has 0 saturated heterocycles. The lowest BCUT2D eigenvalue weighted by Gasteiger charge is -2.02. The maximum atomic E-state index is 12.3. The standard InChI is InChI=1S/C7H5F3O/c8-5-2-1-3-6(4-5)11-7(9)10/h1-4,7H. The van der Waals surface area contributed by atoms with Crippen molar-refractivity contribution in [1.29, 1.82) is 0 Å². The van der Waals surface area contributed by atoms with Gasteiger partial charge in [-0.3, -0.25) is 0 Å². The van der Waals surface area contributed by atoms with Crippen LogP contribution in [0.4, 0.5) is 13.2 Å². The second-order valence-corrected chi connectivity index (χ2v) is 1.84. The SMILES string of the molecule is Fc1cccc(OC(F)F)c1. The van der Waals surface area contributed by atoms with Gasteiger partial charge in [-0.15, -0.1) is 0 Å². The number of hydrogen-bond donors (Lipinski definition) is 0. The van der Waals surface area contributed by atoms with Crippen molar-refractivity contribution in [2.75, 3.05) is 0 Å². The molecule has 60 valence electrons. The summed E-state index contributed by atoms with van der Waals surface area (Å²) in [5.74, 6) is -0.761. The van der Waals surface area contributed by atoms with E-state index in [0.717, 1.165) is 12.1 Å². The molecule has 0 radical (unpaired) electrons. The second-order valence-electron chi connectivity index (χ2n) is 1.84. The first kappa shape index (κ1) is 7.91.